The Morgan fingerprint density at radius 3 is 0.857 bits per heavy atom. The fourth-order valence-corrected chi connectivity index (χ4v) is 3.53. The van der Waals surface area contributed by atoms with Gasteiger partial charge in [0, 0.05) is 0 Å². The summed E-state index contributed by atoms with van der Waals surface area (Å²) in [6, 6.07) is 20.8. The Balaban J connectivity index is 0.000000289. The minimum atomic E-state index is 1.28. The molecule has 0 amide bonds. The van der Waals surface area contributed by atoms with Crippen LogP contribution in [0.5, 0.6) is 0 Å². The molecule has 156 valence electrons. The maximum atomic E-state index is 2.29. The van der Waals surface area contributed by atoms with E-state index in [1.807, 2.05) is 12.1 Å². The lowest BCUT2D eigenvalue weighted by atomic mass is 10.0. The van der Waals surface area contributed by atoms with Crippen molar-refractivity contribution in [2.45, 2.75) is 104 Å². The molecule has 0 nitrogen and oxygen atoms in total. The van der Waals surface area contributed by atoms with E-state index in [4.69, 9.17) is 0 Å². The number of rotatable bonds is 14. The second-order valence-electron chi connectivity index (χ2n) is 7.97. The van der Waals surface area contributed by atoms with E-state index < -0.39 is 0 Å². The molecule has 28 heavy (non-hydrogen) atoms. The number of unbranched alkanes of at least 4 members (excludes halogenated alkanes) is 13. The zero-order valence-electron chi connectivity index (χ0n) is 18.7. The van der Waals surface area contributed by atoms with Crippen molar-refractivity contribution in [2.75, 3.05) is 0 Å². The molecule has 0 radical (unpaired) electrons. The Bertz CT molecular complexity index is 477. The van der Waals surface area contributed by atoms with Gasteiger partial charge in [0.15, 0.2) is 0 Å². The van der Waals surface area contributed by atoms with E-state index in [1.165, 1.54) is 101 Å². The highest BCUT2D eigenvalue weighted by Crippen LogP contribution is 2.17. The zero-order valence-corrected chi connectivity index (χ0v) is 18.7. The monoisotopic (exact) mass is 380 g/mol. The van der Waals surface area contributed by atoms with Crippen LogP contribution in [0.2, 0.25) is 0 Å². The third kappa shape index (κ3) is 13.6. The van der Waals surface area contributed by atoms with Gasteiger partial charge in [0.05, 0.1) is 0 Å². The highest BCUT2D eigenvalue weighted by atomic mass is 14.0. The molecule has 0 spiro atoms. The van der Waals surface area contributed by atoms with E-state index in [9.17, 15) is 0 Å². The molecule has 2 aromatic rings. The minimum absolute atomic E-state index is 1.28. The van der Waals surface area contributed by atoms with E-state index in [-0.39, 0.29) is 0 Å². The molecule has 0 aliphatic carbocycles. The molecular weight excluding hydrogens is 336 g/mol. The maximum absolute atomic E-state index is 2.29. The fraction of sp³-hybridized carbons (Fsp3) is 0.571. The van der Waals surface area contributed by atoms with Crippen molar-refractivity contribution in [2.24, 2.45) is 0 Å². The van der Waals surface area contributed by atoms with Crippen LogP contribution in [0, 0.1) is 0 Å². The molecule has 2 aromatic carbocycles. The second kappa shape index (κ2) is 18.8. The van der Waals surface area contributed by atoms with E-state index in [0.29, 0.717) is 0 Å². The average Bonchev–Trinajstić information content (AvgIpc) is 2.76. The Hall–Kier alpha value is -1.56. The van der Waals surface area contributed by atoms with Gasteiger partial charge in [0.1, 0.15) is 0 Å². The summed E-state index contributed by atoms with van der Waals surface area (Å²) in [4.78, 5) is 0. The third-order valence-electron chi connectivity index (χ3n) is 5.34. The smallest absolute Gasteiger partial charge is 0.0184 e. The topological polar surface area (TPSA) is 0 Å². The van der Waals surface area contributed by atoms with Gasteiger partial charge in [-0.05, 0) is 11.1 Å². The van der Waals surface area contributed by atoms with Crippen molar-refractivity contribution in [3.63, 3.8) is 0 Å². The van der Waals surface area contributed by atoms with Gasteiger partial charge < -0.3 is 0 Å². The standard InChI is InChI=1S/C16H34.C12H10/c1-3-5-7-9-11-13-15-16-14-12-10-8-6-4-2;1-3-7-11(8-4-1)12-9-5-2-6-10-12/h3-16H2,1-2H3;1-10H. The number of hydrogen-bond acceptors (Lipinski definition) is 0. The largest absolute Gasteiger partial charge is 0.0654 e. The Morgan fingerprint density at radius 2 is 0.607 bits per heavy atom. The van der Waals surface area contributed by atoms with Gasteiger partial charge in [0.25, 0.3) is 0 Å². The zero-order chi connectivity index (χ0) is 20.1. The predicted molar refractivity (Wildman–Crippen MR) is 128 cm³/mol. The van der Waals surface area contributed by atoms with Crippen molar-refractivity contribution < 1.29 is 0 Å². The molecule has 0 saturated carbocycles. The van der Waals surface area contributed by atoms with E-state index in [0.717, 1.165) is 0 Å². The van der Waals surface area contributed by atoms with Crippen molar-refractivity contribution >= 4 is 0 Å². The Morgan fingerprint density at radius 1 is 0.357 bits per heavy atom. The van der Waals surface area contributed by atoms with E-state index >= 15 is 0 Å². The summed E-state index contributed by atoms with van der Waals surface area (Å²) >= 11 is 0. The molecule has 0 aromatic heterocycles. The molecule has 0 N–H and O–H groups in total. The second-order valence-corrected chi connectivity index (χ2v) is 7.97. The van der Waals surface area contributed by atoms with Crippen LogP contribution in [0.25, 0.3) is 11.1 Å². The lowest BCUT2D eigenvalue weighted by molar-refractivity contribution is 0.538. The summed E-state index contributed by atoms with van der Waals surface area (Å²) in [7, 11) is 0. The van der Waals surface area contributed by atoms with Gasteiger partial charge in [-0.1, -0.05) is 164 Å². The van der Waals surface area contributed by atoms with Gasteiger partial charge in [0.2, 0.25) is 0 Å². The van der Waals surface area contributed by atoms with Crippen LogP contribution in [-0.2, 0) is 0 Å². The van der Waals surface area contributed by atoms with E-state index in [2.05, 4.69) is 62.4 Å². The van der Waals surface area contributed by atoms with Crippen LogP contribution >= 0.6 is 0 Å². The van der Waals surface area contributed by atoms with Crippen LogP contribution in [0.15, 0.2) is 60.7 Å². The van der Waals surface area contributed by atoms with Crippen molar-refractivity contribution in [1.29, 1.82) is 0 Å². The summed E-state index contributed by atoms with van der Waals surface area (Å²) in [5, 5.41) is 0. The minimum Gasteiger partial charge on any atom is -0.0654 e. The predicted octanol–water partition coefficient (Wildman–Crippen LogP) is 9.84. The Labute approximate surface area is 175 Å². The first-order chi connectivity index (χ1) is 13.9. The summed E-state index contributed by atoms with van der Waals surface area (Å²) < 4.78 is 0. The third-order valence-corrected chi connectivity index (χ3v) is 5.34. The molecule has 0 saturated heterocycles. The van der Waals surface area contributed by atoms with Crippen LogP contribution in [-0.4, -0.2) is 0 Å². The van der Waals surface area contributed by atoms with Gasteiger partial charge in [-0.3, -0.25) is 0 Å². The average molecular weight is 381 g/mol. The quantitative estimate of drug-likeness (QED) is 0.286. The molecule has 0 aliphatic rings. The summed E-state index contributed by atoms with van der Waals surface area (Å²) in [5.41, 5.74) is 2.55. The Kier molecular flexibility index (Phi) is 16.4. The van der Waals surface area contributed by atoms with Crippen LogP contribution in [0.3, 0.4) is 0 Å². The van der Waals surface area contributed by atoms with Gasteiger partial charge in [-0.25, -0.2) is 0 Å². The van der Waals surface area contributed by atoms with Gasteiger partial charge >= 0.3 is 0 Å². The van der Waals surface area contributed by atoms with Crippen LogP contribution in [0.4, 0.5) is 0 Å². The highest BCUT2D eigenvalue weighted by molar-refractivity contribution is 5.62. The lowest BCUT2D eigenvalue weighted by Gasteiger charge is -2.02. The van der Waals surface area contributed by atoms with Crippen molar-refractivity contribution in [3.05, 3.63) is 60.7 Å². The molecule has 0 unspecified atom stereocenters. The molecule has 0 atom stereocenters. The molecule has 0 fully saturated rings. The first-order valence-electron chi connectivity index (χ1n) is 12.0. The summed E-state index contributed by atoms with van der Waals surface area (Å²) in [5.74, 6) is 0. The van der Waals surface area contributed by atoms with Gasteiger partial charge in [-0.2, -0.15) is 0 Å². The van der Waals surface area contributed by atoms with E-state index in [1.54, 1.807) is 0 Å². The summed E-state index contributed by atoms with van der Waals surface area (Å²) in [6.45, 7) is 4.58. The lowest BCUT2D eigenvalue weighted by Crippen LogP contribution is -1.82. The molecule has 0 heterocycles. The maximum Gasteiger partial charge on any atom is -0.0184 e. The summed E-state index contributed by atoms with van der Waals surface area (Å²) in [6.07, 6.45) is 20.4. The first-order valence-corrected chi connectivity index (χ1v) is 12.0. The van der Waals surface area contributed by atoms with Crippen molar-refractivity contribution in [3.8, 4) is 11.1 Å². The SMILES string of the molecule is CCCCCCCCCCCCCCCC.c1ccc(-c2ccccc2)cc1. The fourth-order valence-electron chi connectivity index (χ4n) is 3.53. The van der Waals surface area contributed by atoms with Crippen LogP contribution < -0.4 is 0 Å². The first kappa shape index (κ1) is 24.5. The number of hydrogen-bond donors (Lipinski definition) is 0. The number of benzene rings is 2. The molecule has 0 heteroatoms. The van der Waals surface area contributed by atoms with Crippen molar-refractivity contribution in [1.82, 2.24) is 0 Å². The van der Waals surface area contributed by atoms with Gasteiger partial charge in [-0.15, -0.1) is 0 Å². The normalized spacial score (nSPS) is 10.4. The molecular formula is C28H44. The highest BCUT2D eigenvalue weighted by Gasteiger charge is 1.93. The molecule has 0 bridgehead atoms. The molecule has 2 rings (SSSR count). The van der Waals surface area contributed by atoms with Crippen LogP contribution in [0.1, 0.15) is 104 Å². The molecule has 0 aliphatic heterocycles.